The Morgan fingerprint density at radius 3 is 2.25 bits per heavy atom. The Morgan fingerprint density at radius 1 is 1.44 bits per heavy atom. The zero-order valence-electron chi connectivity index (χ0n) is 11.4. The maximum absolute atomic E-state index is 12.2. The number of hydrogen-bond donors (Lipinski definition) is 1. The van der Waals surface area contributed by atoms with Crippen molar-refractivity contribution >= 4 is 17.7 Å². The predicted octanol–water partition coefficient (Wildman–Crippen LogP) is 1.96. The predicted molar refractivity (Wildman–Crippen MR) is 72.7 cm³/mol. The number of thioether (sulfide) groups is 1. The molecule has 0 aliphatic rings. The van der Waals surface area contributed by atoms with E-state index in [1.54, 1.807) is 11.8 Å². The van der Waals surface area contributed by atoms with E-state index in [-0.39, 0.29) is 17.4 Å². The maximum Gasteiger partial charge on any atom is 0.240 e. The van der Waals surface area contributed by atoms with Gasteiger partial charge in [-0.2, -0.15) is 11.8 Å². The fraction of sp³-hybridized carbons (Fsp3) is 0.917. The van der Waals surface area contributed by atoms with Gasteiger partial charge in [-0.15, -0.1) is 0 Å². The van der Waals surface area contributed by atoms with Crippen LogP contribution in [0.15, 0.2) is 0 Å². The zero-order chi connectivity index (χ0) is 12.9. The molecule has 0 radical (unpaired) electrons. The summed E-state index contributed by atoms with van der Waals surface area (Å²) in [5, 5.41) is 0. The van der Waals surface area contributed by atoms with Crippen LogP contribution in [0.3, 0.4) is 0 Å². The third-order valence-corrected chi connectivity index (χ3v) is 3.64. The number of nitrogens with zero attached hydrogens (tertiary/aromatic N) is 1. The highest BCUT2D eigenvalue weighted by atomic mass is 32.2. The van der Waals surface area contributed by atoms with Crippen molar-refractivity contribution in [1.82, 2.24) is 4.90 Å². The van der Waals surface area contributed by atoms with Crippen molar-refractivity contribution in [2.45, 2.75) is 46.2 Å². The molecular formula is C12H26N2OS. The summed E-state index contributed by atoms with van der Waals surface area (Å²) in [6.45, 7) is 8.10. The molecule has 0 aliphatic heterocycles. The largest absolute Gasteiger partial charge is 0.341 e. The average Bonchev–Trinajstić information content (AvgIpc) is 2.21. The van der Waals surface area contributed by atoms with Gasteiger partial charge >= 0.3 is 0 Å². The van der Waals surface area contributed by atoms with Crippen LogP contribution >= 0.6 is 11.8 Å². The van der Waals surface area contributed by atoms with Crippen LogP contribution in [0.2, 0.25) is 0 Å². The van der Waals surface area contributed by atoms with Gasteiger partial charge < -0.3 is 10.6 Å². The first-order valence-corrected chi connectivity index (χ1v) is 7.16. The van der Waals surface area contributed by atoms with E-state index in [9.17, 15) is 4.79 Å². The smallest absolute Gasteiger partial charge is 0.240 e. The van der Waals surface area contributed by atoms with Crippen molar-refractivity contribution in [2.75, 3.05) is 19.1 Å². The Labute approximate surface area is 104 Å². The Kier molecular flexibility index (Phi) is 6.41. The molecule has 0 heterocycles. The Bertz CT molecular complexity index is 226. The number of rotatable bonds is 5. The fourth-order valence-corrected chi connectivity index (χ4v) is 2.31. The highest BCUT2D eigenvalue weighted by Gasteiger charge is 2.31. The number of carbonyl (C=O) groups is 1. The van der Waals surface area contributed by atoms with Gasteiger partial charge in [-0.1, -0.05) is 27.7 Å². The molecule has 0 saturated heterocycles. The summed E-state index contributed by atoms with van der Waals surface area (Å²) in [6.07, 6.45) is 3.03. The SMILES string of the molecule is CCC(CSC)N(C)C(=O)[C@H](N)C(C)(C)C. The van der Waals surface area contributed by atoms with Crippen molar-refractivity contribution in [1.29, 1.82) is 0 Å². The quantitative estimate of drug-likeness (QED) is 0.806. The lowest BCUT2D eigenvalue weighted by atomic mass is 9.86. The highest BCUT2D eigenvalue weighted by Crippen LogP contribution is 2.20. The van der Waals surface area contributed by atoms with E-state index in [0.29, 0.717) is 0 Å². The monoisotopic (exact) mass is 246 g/mol. The third kappa shape index (κ3) is 4.34. The van der Waals surface area contributed by atoms with E-state index in [1.807, 2.05) is 32.7 Å². The molecule has 0 saturated carbocycles. The molecule has 0 rings (SSSR count). The molecule has 0 fully saturated rings. The van der Waals surface area contributed by atoms with Crippen LogP contribution in [0.25, 0.3) is 0 Å². The van der Waals surface area contributed by atoms with Gasteiger partial charge in [0.15, 0.2) is 0 Å². The summed E-state index contributed by atoms with van der Waals surface area (Å²) in [5.41, 5.74) is 5.81. The second-order valence-corrected chi connectivity index (χ2v) is 6.22. The van der Waals surface area contributed by atoms with Gasteiger partial charge in [0, 0.05) is 18.8 Å². The molecule has 0 spiro atoms. The molecule has 0 aromatic heterocycles. The Morgan fingerprint density at radius 2 is 1.94 bits per heavy atom. The fourth-order valence-electron chi connectivity index (χ4n) is 1.47. The molecular weight excluding hydrogens is 220 g/mol. The molecule has 0 aromatic rings. The van der Waals surface area contributed by atoms with Crippen molar-refractivity contribution < 1.29 is 4.79 Å². The number of carbonyl (C=O) groups excluding carboxylic acids is 1. The van der Waals surface area contributed by atoms with Crippen LogP contribution in [-0.2, 0) is 4.79 Å². The molecule has 2 N–H and O–H groups in total. The zero-order valence-corrected chi connectivity index (χ0v) is 12.2. The number of nitrogens with two attached hydrogens (primary N) is 1. The summed E-state index contributed by atoms with van der Waals surface area (Å²) in [6, 6.07) is -0.135. The van der Waals surface area contributed by atoms with Gasteiger partial charge in [-0.3, -0.25) is 4.79 Å². The molecule has 1 unspecified atom stereocenters. The first-order chi connectivity index (χ1) is 7.25. The first kappa shape index (κ1) is 15.8. The molecule has 0 aliphatic carbocycles. The lowest BCUT2D eigenvalue weighted by molar-refractivity contribution is -0.135. The van der Waals surface area contributed by atoms with Crippen LogP contribution in [0.5, 0.6) is 0 Å². The van der Waals surface area contributed by atoms with Crippen LogP contribution in [-0.4, -0.2) is 41.9 Å². The molecule has 16 heavy (non-hydrogen) atoms. The normalized spacial score (nSPS) is 15.7. The van der Waals surface area contributed by atoms with Gasteiger partial charge in [-0.05, 0) is 18.1 Å². The Balaban J connectivity index is 4.58. The van der Waals surface area contributed by atoms with Crippen molar-refractivity contribution in [2.24, 2.45) is 11.1 Å². The van der Waals surface area contributed by atoms with Crippen molar-refractivity contribution in [3.05, 3.63) is 0 Å². The molecule has 3 nitrogen and oxygen atoms in total. The van der Waals surface area contributed by atoms with E-state index < -0.39 is 6.04 Å². The van der Waals surface area contributed by atoms with Crippen LogP contribution in [0.4, 0.5) is 0 Å². The Hall–Kier alpha value is -0.220. The van der Waals surface area contributed by atoms with Gasteiger partial charge in [0.1, 0.15) is 0 Å². The summed E-state index contributed by atoms with van der Waals surface area (Å²) in [4.78, 5) is 14.0. The molecule has 0 aromatic carbocycles. The second kappa shape index (κ2) is 6.50. The lowest BCUT2D eigenvalue weighted by Gasteiger charge is -2.34. The van der Waals surface area contributed by atoms with Gasteiger partial charge in [0.05, 0.1) is 6.04 Å². The van der Waals surface area contributed by atoms with Crippen LogP contribution in [0, 0.1) is 5.41 Å². The number of hydrogen-bond acceptors (Lipinski definition) is 3. The summed E-state index contributed by atoms with van der Waals surface area (Å²) in [7, 11) is 1.86. The molecule has 0 bridgehead atoms. The minimum atomic E-state index is -0.423. The minimum Gasteiger partial charge on any atom is -0.341 e. The summed E-state index contributed by atoms with van der Waals surface area (Å²) < 4.78 is 0. The standard InChI is InChI=1S/C12H26N2OS/c1-7-9(8-16-6)14(5)11(15)10(13)12(2,3)4/h9-10H,7-8,13H2,1-6H3/t9?,10-/m0/s1. The molecule has 2 atom stereocenters. The van der Waals surface area contributed by atoms with Gasteiger partial charge in [-0.25, -0.2) is 0 Å². The summed E-state index contributed by atoms with van der Waals surface area (Å²) >= 11 is 1.76. The van der Waals surface area contributed by atoms with Gasteiger partial charge in [0.2, 0.25) is 5.91 Å². The first-order valence-electron chi connectivity index (χ1n) is 5.76. The van der Waals surface area contributed by atoms with Crippen LogP contribution in [0.1, 0.15) is 34.1 Å². The van der Waals surface area contributed by atoms with Crippen molar-refractivity contribution in [3.8, 4) is 0 Å². The van der Waals surface area contributed by atoms with E-state index >= 15 is 0 Å². The molecule has 96 valence electrons. The van der Waals surface area contributed by atoms with E-state index in [0.717, 1.165) is 12.2 Å². The highest BCUT2D eigenvalue weighted by molar-refractivity contribution is 7.98. The van der Waals surface area contributed by atoms with E-state index in [4.69, 9.17) is 5.73 Å². The third-order valence-electron chi connectivity index (χ3n) is 2.92. The number of likely N-dealkylation sites (N-methyl/N-ethyl adjacent to an activating group) is 1. The second-order valence-electron chi connectivity index (χ2n) is 5.31. The van der Waals surface area contributed by atoms with E-state index in [2.05, 4.69) is 13.2 Å². The minimum absolute atomic E-state index is 0.0494. The molecule has 4 heteroatoms. The van der Waals surface area contributed by atoms with Crippen LogP contribution < -0.4 is 5.73 Å². The average molecular weight is 246 g/mol. The van der Waals surface area contributed by atoms with E-state index in [1.165, 1.54) is 0 Å². The topological polar surface area (TPSA) is 46.3 Å². The number of amides is 1. The van der Waals surface area contributed by atoms with Gasteiger partial charge in [0.25, 0.3) is 0 Å². The molecule has 1 amide bonds. The van der Waals surface area contributed by atoms with Crippen molar-refractivity contribution in [3.63, 3.8) is 0 Å². The lowest BCUT2D eigenvalue weighted by Crippen LogP contribution is -2.52. The maximum atomic E-state index is 12.2. The summed E-state index contributed by atoms with van der Waals surface area (Å²) in [5.74, 6) is 1.02.